The molecule has 0 radical (unpaired) electrons. The molecule has 0 atom stereocenters. The van der Waals surface area contributed by atoms with Gasteiger partial charge in [0.1, 0.15) is 23.7 Å². The molecular weight excluding hydrogens is 370 g/mol. The molecule has 3 aromatic rings. The Hall–Kier alpha value is -3.62. The fourth-order valence-electron chi connectivity index (χ4n) is 3.67. The number of aromatic hydroxyl groups is 1. The zero-order valence-corrected chi connectivity index (χ0v) is 16.1. The number of amides is 1. The number of H-pyrrole nitrogens is 1. The first-order valence-corrected chi connectivity index (χ1v) is 9.46. The lowest BCUT2D eigenvalue weighted by Gasteiger charge is -2.32. The number of nitrogen functional groups attached to an aromatic ring is 1. The van der Waals surface area contributed by atoms with Crippen molar-refractivity contribution in [3.63, 3.8) is 0 Å². The Morgan fingerprint density at radius 3 is 2.79 bits per heavy atom. The van der Waals surface area contributed by atoms with Crippen molar-refractivity contribution in [2.45, 2.75) is 25.8 Å². The number of phenols is 1. The molecule has 4 rings (SSSR count). The summed E-state index contributed by atoms with van der Waals surface area (Å²) < 4.78 is 0. The molecule has 1 aliphatic rings. The van der Waals surface area contributed by atoms with Crippen LogP contribution in [0.5, 0.6) is 5.75 Å². The van der Waals surface area contributed by atoms with Crippen molar-refractivity contribution in [3.8, 4) is 5.75 Å². The van der Waals surface area contributed by atoms with Crippen molar-refractivity contribution in [2.24, 2.45) is 0 Å². The van der Waals surface area contributed by atoms with Gasteiger partial charge in [0.15, 0.2) is 0 Å². The van der Waals surface area contributed by atoms with E-state index in [2.05, 4.69) is 20.3 Å². The Balaban J connectivity index is 1.60. The second kappa shape index (κ2) is 7.42. The largest absolute Gasteiger partial charge is 0.508 e. The number of rotatable bonds is 4. The SMILES string of the molecule is CC(=O)N1CCC(Nc2ncnc(N)c2C(=N)c2cc3ccc(O)cc3[nH]2)CC1. The Labute approximate surface area is 167 Å². The number of nitrogens with zero attached hydrogens (tertiary/aromatic N) is 3. The predicted molar refractivity (Wildman–Crippen MR) is 111 cm³/mol. The molecule has 3 heterocycles. The summed E-state index contributed by atoms with van der Waals surface area (Å²) in [5.74, 6) is 0.960. The summed E-state index contributed by atoms with van der Waals surface area (Å²) in [5.41, 5.74) is 7.99. The molecule has 0 aliphatic carbocycles. The van der Waals surface area contributed by atoms with E-state index in [0.29, 0.717) is 30.2 Å². The van der Waals surface area contributed by atoms with Crippen LogP contribution in [-0.2, 0) is 4.79 Å². The standard InChI is InChI=1S/C20H23N7O2/c1-11(28)27-6-4-13(5-7-27)25-20-17(19(22)23-10-24-20)18(21)16-8-12-2-3-14(29)9-15(12)26-16/h2-3,8-10,13,21,26,29H,4-7H2,1H3,(H3,22,23,24,25). The van der Waals surface area contributed by atoms with E-state index in [1.165, 1.54) is 6.33 Å². The number of piperidine rings is 1. The van der Waals surface area contributed by atoms with E-state index in [0.717, 1.165) is 23.7 Å². The fourth-order valence-corrected chi connectivity index (χ4v) is 3.67. The highest BCUT2D eigenvalue weighted by molar-refractivity contribution is 6.16. The van der Waals surface area contributed by atoms with Crippen molar-refractivity contribution in [1.29, 1.82) is 5.41 Å². The van der Waals surface area contributed by atoms with Gasteiger partial charge in [-0.05, 0) is 31.0 Å². The Morgan fingerprint density at radius 1 is 1.31 bits per heavy atom. The summed E-state index contributed by atoms with van der Waals surface area (Å²) in [7, 11) is 0. The van der Waals surface area contributed by atoms with Crippen LogP contribution in [0.2, 0.25) is 0 Å². The molecule has 29 heavy (non-hydrogen) atoms. The molecule has 1 amide bonds. The van der Waals surface area contributed by atoms with Gasteiger partial charge in [0.2, 0.25) is 5.91 Å². The highest BCUT2D eigenvalue weighted by Gasteiger charge is 2.24. The van der Waals surface area contributed by atoms with Gasteiger partial charge in [-0.3, -0.25) is 10.2 Å². The van der Waals surface area contributed by atoms with Gasteiger partial charge >= 0.3 is 0 Å². The lowest BCUT2D eigenvalue weighted by Crippen LogP contribution is -2.41. The van der Waals surface area contributed by atoms with Gasteiger partial charge in [-0.1, -0.05) is 0 Å². The summed E-state index contributed by atoms with van der Waals surface area (Å²) in [6.45, 7) is 2.95. The van der Waals surface area contributed by atoms with Crippen LogP contribution >= 0.6 is 0 Å². The predicted octanol–water partition coefficient (Wildman–Crippen LogP) is 2.08. The van der Waals surface area contributed by atoms with E-state index in [9.17, 15) is 9.90 Å². The quantitative estimate of drug-likeness (QED) is 0.429. The highest BCUT2D eigenvalue weighted by Crippen LogP contribution is 2.27. The molecule has 6 N–H and O–H groups in total. The molecule has 2 aromatic heterocycles. The first-order valence-electron chi connectivity index (χ1n) is 9.46. The molecule has 1 saturated heterocycles. The average Bonchev–Trinajstić information content (AvgIpc) is 3.11. The number of likely N-dealkylation sites (tertiary alicyclic amines) is 1. The maximum Gasteiger partial charge on any atom is 0.219 e. The number of aromatic amines is 1. The van der Waals surface area contributed by atoms with Crippen LogP contribution < -0.4 is 11.1 Å². The number of aromatic nitrogens is 3. The molecule has 9 nitrogen and oxygen atoms in total. The molecule has 0 unspecified atom stereocenters. The lowest BCUT2D eigenvalue weighted by atomic mass is 10.0. The van der Waals surface area contributed by atoms with Crippen molar-refractivity contribution in [3.05, 3.63) is 41.9 Å². The molecule has 0 bridgehead atoms. The molecule has 1 aliphatic heterocycles. The van der Waals surface area contributed by atoms with Crippen molar-refractivity contribution >= 4 is 34.2 Å². The average molecular weight is 393 g/mol. The summed E-state index contributed by atoms with van der Waals surface area (Å²) in [4.78, 5) is 24.9. The number of nitrogens with one attached hydrogen (secondary N) is 3. The van der Waals surface area contributed by atoms with Crippen LogP contribution in [0, 0.1) is 5.41 Å². The molecule has 0 spiro atoms. The van der Waals surface area contributed by atoms with Crippen LogP contribution in [0.4, 0.5) is 11.6 Å². The van der Waals surface area contributed by atoms with Crippen molar-refractivity contribution in [1.82, 2.24) is 19.9 Å². The van der Waals surface area contributed by atoms with E-state index in [-0.39, 0.29) is 29.2 Å². The Kier molecular flexibility index (Phi) is 4.79. The minimum atomic E-state index is 0.0852. The number of carbonyl (C=O) groups excluding carboxylic acids is 1. The number of phenolic OH excluding ortho intramolecular Hbond substituents is 1. The molecule has 1 aromatic carbocycles. The smallest absolute Gasteiger partial charge is 0.219 e. The Morgan fingerprint density at radius 2 is 2.07 bits per heavy atom. The third-order valence-corrected chi connectivity index (χ3v) is 5.28. The van der Waals surface area contributed by atoms with E-state index in [1.807, 2.05) is 11.0 Å². The molecule has 9 heteroatoms. The van der Waals surface area contributed by atoms with Gasteiger partial charge in [-0.15, -0.1) is 0 Å². The number of nitrogens with two attached hydrogens (primary N) is 1. The monoisotopic (exact) mass is 393 g/mol. The fraction of sp³-hybridized carbons (Fsp3) is 0.300. The van der Waals surface area contributed by atoms with Crippen LogP contribution in [0.15, 0.2) is 30.6 Å². The number of anilines is 2. The summed E-state index contributed by atoms with van der Waals surface area (Å²) in [5, 5.41) is 22.6. The van der Waals surface area contributed by atoms with Gasteiger partial charge in [-0.2, -0.15) is 0 Å². The van der Waals surface area contributed by atoms with Gasteiger partial charge in [-0.25, -0.2) is 9.97 Å². The zero-order valence-electron chi connectivity index (χ0n) is 16.1. The molecule has 0 saturated carbocycles. The normalized spacial score (nSPS) is 14.9. The Bertz CT molecular complexity index is 1080. The maximum atomic E-state index is 11.5. The highest BCUT2D eigenvalue weighted by atomic mass is 16.3. The van der Waals surface area contributed by atoms with Crippen molar-refractivity contribution in [2.75, 3.05) is 24.1 Å². The third-order valence-electron chi connectivity index (χ3n) is 5.28. The molecular formula is C20H23N7O2. The summed E-state index contributed by atoms with van der Waals surface area (Å²) in [6, 6.07) is 6.96. The first kappa shape index (κ1) is 18.7. The second-order valence-electron chi connectivity index (χ2n) is 7.24. The van der Waals surface area contributed by atoms with E-state index in [1.54, 1.807) is 25.1 Å². The van der Waals surface area contributed by atoms with Crippen LogP contribution in [0.25, 0.3) is 10.9 Å². The zero-order chi connectivity index (χ0) is 20.5. The van der Waals surface area contributed by atoms with Crippen molar-refractivity contribution < 1.29 is 9.90 Å². The van der Waals surface area contributed by atoms with Gasteiger partial charge < -0.3 is 26.0 Å². The molecule has 150 valence electrons. The van der Waals surface area contributed by atoms with Gasteiger partial charge in [0.05, 0.1) is 17.0 Å². The number of hydrogen-bond donors (Lipinski definition) is 5. The van der Waals surface area contributed by atoms with E-state index >= 15 is 0 Å². The minimum absolute atomic E-state index is 0.0852. The van der Waals surface area contributed by atoms with Crippen LogP contribution in [0.3, 0.4) is 0 Å². The topological polar surface area (TPSA) is 144 Å². The number of carbonyl (C=O) groups is 1. The van der Waals surface area contributed by atoms with Crippen LogP contribution in [-0.4, -0.2) is 55.7 Å². The summed E-state index contributed by atoms with van der Waals surface area (Å²) >= 11 is 0. The number of benzene rings is 1. The number of fused-ring (bicyclic) bond motifs is 1. The van der Waals surface area contributed by atoms with E-state index in [4.69, 9.17) is 11.1 Å². The van der Waals surface area contributed by atoms with Crippen LogP contribution in [0.1, 0.15) is 31.0 Å². The maximum absolute atomic E-state index is 11.5. The van der Waals surface area contributed by atoms with Gasteiger partial charge in [0.25, 0.3) is 0 Å². The first-order chi connectivity index (χ1) is 13.9. The van der Waals surface area contributed by atoms with E-state index < -0.39 is 0 Å². The second-order valence-corrected chi connectivity index (χ2v) is 7.24. The third kappa shape index (κ3) is 3.71. The summed E-state index contributed by atoms with van der Waals surface area (Å²) in [6.07, 6.45) is 2.96. The number of hydrogen-bond acceptors (Lipinski definition) is 7. The minimum Gasteiger partial charge on any atom is -0.508 e. The van der Waals surface area contributed by atoms with Gasteiger partial charge in [0, 0.05) is 43.0 Å². The molecule has 1 fully saturated rings. The lowest BCUT2D eigenvalue weighted by molar-refractivity contribution is -0.129.